The summed E-state index contributed by atoms with van der Waals surface area (Å²) in [5.74, 6) is -1.04. The predicted octanol–water partition coefficient (Wildman–Crippen LogP) is 1.88. The molecule has 1 heterocycles. The first kappa shape index (κ1) is 24.5. The van der Waals surface area contributed by atoms with Gasteiger partial charge in [0, 0.05) is 29.1 Å². The van der Waals surface area contributed by atoms with Crippen LogP contribution in [0.15, 0.2) is 33.4 Å². The Hall–Kier alpha value is -2.29. The van der Waals surface area contributed by atoms with Gasteiger partial charge in [0.2, 0.25) is 0 Å². The first-order valence-electron chi connectivity index (χ1n) is 14.5. The molecule has 8 nitrogen and oxygen atoms in total. The van der Waals surface area contributed by atoms with Gasteiger partial charge in [-0.1, -0.05) is 19.4 Å². The fraction of sp³-hybridized carbons (Fsp3) is 0.710. The second kappa shape index (κ2) is 7.12. The topological polar surface area (TPSA) is 130 Å². The van der Waals surface area contributed by atoms with Crippen LogP contribution in [0.2, 0.25) is 0 Å². The summed E-state index contributed by atoms with van der Waals surface area (Å²) in [6.45, 7) is 5.47. The van der Waals surface area contributed by atoms with Crippen LogP contribution in [0, 0.1) is 58.2 Å². The standard InChI is InChI=1S/C31H36O8/c1-11(27(36)38-4)22-24-23-14(12-5-18(12)30(23,3)26(35)25(22)34)7-21-29(2)17-6-13(17)15(9-32)19(29)8-20-16(10-33)28(37)39-31(20,21)24/h12-13,15,17-19,21,24,26,32-33,35H,5-10H2,1-4H3/t12-,13-,15-,17-,18-,19+,21+,24+,26+,29+,30+,31+/m1/s1. The van der Waals surface area contributed by atoms with Crippen LogP contribution in [0.3, 0.4) is 0 Å². The van der Waals surface area contributed by atoms with Crippen molar-refractivity contribution < 1.29 is 39.2 Å². The molecule has 1 aliphatic heterocycles. The summed E-state index contributed by atoms with van der Waals surface area (Å²) >= 11 is 0. The van der Waals surface area contributed by atoms with Crippen molar-refractivity contribution in [3.8, 4) is 0 Å². The molecule has 3 N–H and O–H groups in total. The molecule has 5 saturated carbocycles. The number of fused-ring (bicyclic) bond motifs is 7. The van der Waals surface area contributed by atoms with Gasteiger partial charge in [0.15, 0.2) is 5.78 Å². The number of carbonyl (C=O) groups excluding carboxylic acids is 3. The van der Waals surface area contributed by atoms with Gasteiger partial charge in [0.05, 0.1) is 25.2 Å². The Morgan fingerprint density at radius 2 is 1.85 bits per heavy atom. The van der Waals surface area contributed by atoms with E-state index in [1.54, 1.807) is 6.92 Å². The van der Waals surface area contributed by atoms with Crippen molar-refractivity contribution >= 4 is 17.7 Å². The number of aliphatic hydroxyl groups is 3. The molecule has 5 fully saturated rings. The molecule has 7 aliphatic carbocycles. The molecule has 8 aliphatic rings. The molecule has 8 rings (SSSR count). The van der Waals surface area contributed by atoms with Crippen LogP contribution in [0.1, 0.15) is 46.5 Å². The second-order valence-corrected chi connectivity index (χ2v) is 14.0. The van der Waals surface area contributed by atoms with E-state index in [4.69, 9.17) is 9.47 Å². The molecule has 208 valence electrons. The Kier molecular flexibility index (Phi) is 4.48. The van der Waals surface area contributed by atoms with Gasteiger partial charge < -0.3 is 24.8 Å². The molecule has 0 bridgehead atoms. The fourth-order valence-corrected chi connectivity index (χ4v) is 11.6. The zero-order valence-electron chi connectivity index (χ0n) is 22.8. The Labute approximate surface area is 227 Å². The lowest BCUT2D eigenvalue weighted by molar-refractivity contribution is -0.178. The van der Waals surface area contributed by atoms with E-state index in [0.717, 1.165) is 24.0 Å². The third-order valence-electron chi connectivity index (χ3n) is 13.3. The van der Waals surface area contributed by atoms with Crippen molar-refractivity contribution in [1.82, 2.24) is 0 Å². The van der Waals surface area contributed by atoms with Crippen molar-refractivity contribution in [3.05, 3.63) is 33.4 Å². The van der Waals surface area contributed by atoms with E-state index in [2.05, 4.69) is 6.92 Å². The van der Waals surface area contributed by atoms with Crippen LogP contribution in [0.4, 0.5) is 0 Å². The maximum absolute atomic E-state index is 14.2. The second-order valence-electron chi connectivity index (χ2n) is 14.0. The minimum atomic E-state index is -1.29. The molecule has 0 aromatic carbocycles. The average Bonchev–Trinajstić information content (AvgIpc) is 3.82. The molecular formula is C31H36O8. The van der Waals surface area contributed by atoms with Crippen LogP contribution in [0.25, 0.3) is 0 Å². The summed E-state index contributed by atoms with van der Waals surface area (Å²) in [6, 6.07) is 0. The maximum Gasteiger partial charge on any atom is 0.337 e. The van der Waals surface area contributed by atoms with E-state index in [1.807, 2.05) is 6.92 Å². The predicted molar refractivity (Wildman–Crippen MR) is 135 cm³/mol. The Bertz CT molecular complexity index is 1390. The number of hydrogen-bond donors (Lipinski definition) is 3. The lowest BCUT2D eigenvalue weighted by atomic mass is 9.42. The number of allylic oxidation sites excluding steroid dienone is 1. The zero-order valence-corrected chi connectivity index (χ0v) is 22.8. The lowest BCUT2D eigenvalue weighted by Gasteiger charge is -2.63. The number of Topliss-reactive ketones (excluding diaryl/α,β-unsaturated/α-hetero) is 1. The van der Waals surface area contributed by atoms with Gasteiger partial charge in [-0.3, -0.25) is 4.79 Å². The van der Waals surface area contributed by atoms with Crippen LogP contribution in [0.5, 0.6) is 0 Å². The van der Waals surface area contributed by atoms with Gasteiger partial charge in [-0.15, -0.1) is 0 Å². The summed E-state index contributed by atoms with van der Waals surface area (Å²) in [6.07, 6.45) is 1.89. The van der Waals surface area contributed by atoms with Gasteiger partial charge >= 0.3 is 11.9 Å². The summed E-state index contributed by atoms with van der Waals surface area (Å²) in [4.78, 5) is 40.7. The molecular weight excluding hydrogens is 500 g/mol. The number of methoxy groups -OCH3 is 1. The van der Waals surface area contributed by atoms with Crippen LogP contribution >= 0.6 is 0 Å². The number of esters is 2. The van der Waals surface area contributed by atoms with Crippen LogP contribution in [-0.4, -0.2) is 65.1 Å². The van der Waals surface area contributed by atoms with Gasteiger partial charge in [-0.2, -0.15) is 0 Å². The summed E-state index contributed by atoms with van der Waals surface area (Å²) < 4.78 is 11.6. The Morgan fingerprint density at radius 1 is 1.10 bits per heavy atom. The molecule has 0 aromatic rings. The zero-order chi connectivity index (χ0) is 27.5. The Balaban J connectivity index is 1.46. The maximum atomic E-state index is 14.2. The lowest BCUT2D eigenvalue weighted by Crippen LogP contribution is -2.66. The van der Waals surface area contributed by atoms with Gasteiger partial charge in [-0.25, -0.2) is 9.59 Å². The van der Waals surface area contributed by atoms with E-state index in [-0.39, 0.29) is 58.3 Å². The number of ether oxygens (including phenoxy) is 2. The number of rotatable bonds is 3. The third kappa shape index (κ3) is 2.38. The van der Waals surface area contributed by atoms with E-state index in [1.165, 1.54) is 12.7 Å². The smallest absolute Gasteiger partial charge is 0.337 e. The fourth-order valence-electron chi connectivity index (χ4n) is 11.6. The number of ketones is 1. The Morgan fingerprint density at radius 3 is 2.51 bits per heavy atom. The quantitative estimate of drug-likeness (QED) is 0.283. The highest BCUT2D eigenvalue weighted by Crippen LogP contribution is 2.82. The van der Waals surface area contributed by atoms with Gasteiger partial charge in [0.1, 0.15) is 11.7 Å². The molecule has 0 radical (unpaired) electrons. The van der Waals surface area contributed by atoms with E-state index >= 15 is 0 Å². The first-order chi connectivity index (χ1) is 18.5. The molecule has 0 aromatic heterocycles. The van der Waals surface area contributed by atoms with Crippen molar-refractivity contribution in [2.75, 3.05) is 20.3 Å². The molecule has 1 spiro atoms. The number of aliphatic hydroxyl groups excluding tert-OH is 3. The van der Waals surface area contributed by atoms with Crippen LogP contribution in [-0.2, 0) is 23.9 Å². The van der Waals surface area contributed by atoms with Crippen molar-refractivity contribution in [2.45, 2.75) is 58.2 Å². The molecule has 12 atom stereocenters. The van der Waals surface area contributed by atoms with Crippen molar-refractivity contribution in [2.24, 2.45) is 58.2 Å². The van der Waals surface area contributed by atoms with Crippen LogP contribution < -0.4 is 0 Å². The molecule has 8 heteroatoms. The highest BCUT2D eigenvalue weighted by atomic mass is 16.6. The average molecular weight is 537 g/mol. The van der Waals surface area contributed by atoms with Gasteiger partial charge in [0.25, 0.3) is 0 Å². The summed E-state index contributed by atoms with van der Waals surface area (Å²) in [7, 11) is 1.27. The summed E-state index contributed by atoms with van der Waals surface area (Å²) in [5, 5.41) is 32.5. The minimum absolute atomic E-state index is 0.0924. The van der Waals surface area contributed by atoms with E-state index < -0.39 is 47.4 Å². The number of hydrogen-bond acceptors (Lipinski definition) is 8. The molecule has 0 amide bonds. The summed E-state index contributed by atoms with van der Waals surface area (Å²) in [5.41, 5.74) is 1.33. The minimum Gasteiger partial charge on any atom is -0.466 e. The highest BCUT2D eigenvalue weighted by Gasteiger charge is 2.81. The van der Waals surface area contributed by atoms with Gasteiger partial charge in [-0.05, 0) is 84.7 Å². The molecule has 39 heavy (non-hydrogen) atoms. The molecule has 0 unspecified atom stereocenters. The number of carbonyl (C=O) groups is 3. The first-order valence-corrected chi connectivity index (χ1v) is 14.5. The highest BCUT2D eigenvalue weighted by molar-refractivity contribution is 6.09. The normalized spacial score (nSPS) is 52.8. The monoisotopic (exact) mass is 536 g/mol. The molecule has 0 saturated heterocycles. The van der Waals surface area contributed by atoms with E-state index in [9.17, 15) is 29.7 Å². The largest absolute Gasteiger partial charge is 0.466 e. The third-order valence-corrected chi connectivity index (χ3v) is 13.3. The van der Waals surface area contributed by atoms with Crippen molar-refractivity contribution in [1.29, 1.82) is 0 Å². The SMILES string of the molecule is COC(=O)C(C)=C1C(=O)[C@H](O)[C@]2(C)C3=C(C[C@@H]4[C@]5(OC(=O)C(CO)=C5C[C@H]5[C@H](CO)[C@H]6C[C@H]6[C@]45C)[C@@H]13)[C@H]1C[C@H]12. The van der Waals surface area contributed by atoms with E-state index in [0.29, 0.717) is 24.7 Å². The van der Waals surface area contributed by atoms with Crippen molar-refractivity contribution in [3.63, 3.8) is 0 Å².